The molecule has 4 rings (SSSR count). The summed E-state index contributed by atoms with van der Waals surface area (Å²) in [6.45, 7) is 19.2. The zero-order valence-corrected chi connectivity index (χ0v) is 25.2. The smallest absolute Gasteiger partial charge is 0.302 e. The number of rotatable bonds is 6. The molecular weight excluding hydrogens is 464 g/mol. The average molecular weight is 521 g/mol. The highest BCUT2D eigenvalue weighted by molar-refractivity contribution is 5.66. The van der Waals surface area contributed by atoms with Gasteiger partial charge in [0.15, 0.2) is 0 Å². The Morgan fingerprint density at radius 2 is 1.51 bits per heavy atom. The monoisotopic (exact) mass is 520 g/mol. The van der Waals surface area contributed by atoms with Gasteiger partial charge in [0.1, 0.15) is 6.10 Å². The van der Waals surface area contributed by atoms with Crippen LogP contribution in [0.2, 0.25) is 0 Å². The van der Waals surface area contributed by atoms with Crippen molar-refractivity contribution in [2.75, 3.05) is 0 Å². The third-order valence-corrected chi connectivity index (χ3v) is 12.9. The molecule has 0 unspecified atom stereocenters. The second-order valence-electron chi connectivity index (χ2n) is 15.9. The van der Waals surface area contributed by atoms with Crippen LogP contribution >= 0.6 is 0 Å². The van der Waals surface area contributed by atoms with Crippen LogP contribution in [0.15, 0.2) is 0 Å². The second kappa shape index (κ2) is 9.20. The normalized spacial score (nSPS) is 46.8. The lowest BCUT2D eigenvalue weighted by molar-refractivity contribution is -0.249. The summed E-state index contributed by atoms with van der Waals surface area (Å²) < 4.78 is 5.84. The highest BCUT2D eigenvalue weighted by Crippen LogP contribution is 2.75. The summed E-state index contributed by atoms with van der Waals surface area (Å²) >= 11 is 0. The molecule has 3 N–H and O–H groups in total. The first kappa shape index (κ1) is 29.3. The standard InChI is InChI=1S/C32H56O5/c1-20(33)37-25-13-16-29(6)23(28(25,4)5)12-18-30(7)24(29)19-22(34)26-21(11-17-31(26,30)8)32(9,36)15-10-14-27(2,3)35/h21-26,34-36H,10-19H2,1-9H3/t21-,22+,23-,24+,25-,26-,29-,30+,31+,32+/m0/s1. The fourth-order valence-corrected chi connectivity index (χ4v) is 10.9. The van der Waals surface area contributed by atoms with Gasteiger partial charge in [-0.3, -0.25) is 4.79 Å². The molecule has 5 heteroatoms. The highest BCUT2D eigenvalue weighted by atomic mass is 16.5. The summed E-state index contributed by atoms with van der Waals surface area (Å²) in [6, 6.07) is 0. The Kier molecular flexibility index (Phi) is 7.29. The van der Waals surface area contributed by atoms with Gasteiger partial charge < -0.3 is 20.1 Å². The van der Waals surface area contributed by atoms with Gasteiger partial charge in [0.2, 0.25) is 0 Å². The molecule has 0 spiro atoms. The van der Waals surface area contributed by atoms with Crippen LogP contribution in [0.3, 0.4) is 0 Å². The first-order valence-electron chi connectivity index (χ1n) is 15.1. The summed E-state index contributed by atoms with van der Waals surface area (Å²) in [5, 5.41) is 33.8. The van der Waals surface area contributed by atoms with Gasteiger partial charge in [0.05, 0.1) is 17.3 Å². The van der Waals surface area contributed by atoms with E-state index in [1.54, 1.807) is 0 Å². The largest absolute Gasteiger partial charge is 0.462 e. The number of carbonyl (C=O) groups excluding carboxylic acids is 1. The number of aliphatic hydroxyl groups is 3. The van der Waals surface area contributed by atoms with Crippen molar-refractivity contribution >= 4 is 5.97 Å². The molecule has 0 aromatic carbocycles. The predicted molar refractivity (Wildman–Crippen MR) is 147 cm³/mol. The van der Waals surface area contributed by atoms with Crippen LogP contribution in [0.1, 0.15) is 127 Å². The lowest BCUT2D eigenvalue weighted by Gasteiger charge is -2.70. The minimum Gasteiger partial charge on any atom is -0.462 e. The molecule has 5 nitrogen and oxygen atoms in total. The van der Waals surface area contributed by atoms with E-state index < -0.39 is 17.3 Å². The first-order chi connectivity index (χ1) is 16.8. The topological polar surface area (TPSA) is 87.0 Å². The molecule has 0 bridgehead atoms. The molecular formula is C32H56O5. The van der Waals surface area contributed by atoms with E-state index in [9.17, 15) is 20.1 Å². The van der Waals surface area contributed by atoms with Gasteiger partial charge in [0.25, 0.3) is 0 Å². The Morgan fingerprint density at radius 3 is 2.11 bits per heavy atom. The van der Waals surface area contributed by atoms with Crippen molar-refractivity contribution in [1.82, 2.24) is 0 Å². The molecule has 0 saturated heterocycles. The van der Waals surface area contributed by atoms with Crippen LogP contribution in [0.5, 0.6) is 0 Å². The number of ether oxygens (including phenoxy) is 1. The van der Waals surface area contributed by atoms with Crippen molar-refractivity contribution in [3.63, 3.8) is 0 Å². The van der Waals surface area contributed by atoms with Crippen molar-refractivity contribution in [1.29, 1.82) is 0 Å². The minimum atomic E-state index is -0.844. The Bertz CT molecular complexity index is 873. The molecule has 0 aromatic rings. The van der Waals surface area contributed by atoms with Gasteiger partial charge in [-0.2, -0.15) is 0 Å². The Morgan fingerprint density at radius 1 is 0.892 bits per heavy atom. The van der Waals surface area contributed by atoms with E-state index in [1.807, 2.05) is 20.8 Å². The maximum atomic E-state index is 11.9. The van der Waals surface area contributed by atoms with Gasteiger partial charge in [0, 0.05) is 12.3 Å². The summed E-state index contributed by atoms with van der Waals surface area (Å²) in [6.07, 6.45) is 8.63. The van der Waals surface area contributed by atoms with Gasteiger partial charge >= 0.3 is 5.97 Å². The molecule has 0 aliphatic heterocycles. The van der Waals surface area contributed by atoms with E-state index in [0.29, 0.717) is 24.7 Å². The van der Waals surface area contributed by atoms with Gasteiger partial charge in [-0.25, -0.2) is 0 Å². The molecule has 4 aliphatic carbocycles. The molecule has 0 amide bonds. The number of hydrogen-bond donors (Lipinski definition) is 3. The quantitative estimate of drug-likeness (QED) is 0.360. The third kappa shape index (κ3) is 4.61. The van der Waals surface area contributed by atoms with Crippen LogP contribution in [0.4, 0.5) is 0 Å². The van der Waals surface area contributed by atoms with Crippen LogP contribution in [-0.2, 0) is 9.53 Å². The first-order valence-corrected chi connectivity index (χ1v) is 15.1. The van der Waals surface area contributed by atoms with Crippen LogP contribution in [0.25, 0.3) is 0 Å². The predicted octanol–water partition coefficient (Wildman–Crippen LogP) is 6.27. The van der Waals surface area contributed by atoms with Crippen LogP contribution in [0, 0.1) is 45.3 Å². The Balaban J connectivity index is 1.61. The average Bonchev–Trinajstić information content (AvgIpc) is 3.12. The molecule has 4 aliphatic rings. The molecule has 0 heterocycles. The number of esters is 1. The molecule has 10 atom stereocenters. The number of carbonyl (C=O) groups is 1. The zero-order valence-electron chi connectivity index (χ0n) is 25.2. The fraction of sp³-hybridized carbons (Fsp3) is 0.969. The van der Waals surface area contributed by atoms with E-state index in [2.05, 4.69) is 34.6 Å². The minimum absolute atomic E-state index is 0.0227. The summed E-state index contributed by atoms with van der Waals surface area (Å²) in [5.74, 6) is 0.847. The van der Waals surface area contributed by atoms with Crippen molar-refractivity contribution < 1.29 is 24.9 Å². The summed E-state index contributed by atoms with van der Waals surface area (Å²) in [5.41, 5.74) is -1.49. The number of aliphatic hydroxyl groups excluding tert-OH is 1. The lowest BCUT2D eigenvalue weighted by atomic mass is 9.35. The van der Waals surface area contributed by atoms with Crippen LogP contribution < -0.4 is 0 Å². The summed E-state index contributed by atoms with van der Waals surface area (Å²) in [4.78, 5) is 11.9. The van der Waals surface area contributed by atoms with Gasteiger partial charge in [-0.15, -0.1) is 0 Å². The van der Waals surface area contributed by atoms with Crippen molar-refractivity contribution in [3.05, 3.63) is 0 Å². The maximum absolute atomic E-state index is 11.9. The Hall–Kier alpha value is -0.650. The number of fused-ring (bicyclic) bond motifs is 5. The van der Waals surface area contributed by atoms with Crippen LogP contribution in [-0.4, -0.2) is 44.7 Å². The molecule has 214 valence electrons. The molecule has 4 fully saturated rings. The molecule has 0 aromatic heterocycles. The van der Waals surface area contributed by atoms with Gasteiger partial charge in [-0.1, -0.05) is 34.6 Å². The van der Waals surface area contributed by atoms with E-state index in [0.717, 1.165) is 51.4 Å². The molecule has 4 saturated carbocycles. The van der Waals surface area contributed by atoms with E-state index >= 15 is 0 Å². The zero-order chi connectivity index (χ0) is 27.8. The molecule has 0 radical (unpaired) electrons. The maximum Gasteiger partial charge on any atom is 0.302 e. The SMILES string of the molecule is CC(=O)O[C@H]1CC[C@]2(C)[C@H]3C[C@@H](O)[C@@H]4[C@@H]([C@](C)(O)CCCC(C)(C)O)CC[C@@]4(C)[C@]3(C)CC[C@H]2C1(C)C. The van der Waals surface area contributed by atoms with Crippen molar-refractivity contribution in [3.8, 4) is 0 Å². The third-order valence-electron chi connectivity index (χ3n) is 12.9. The van der Waals surface area contributed by atoms with Crippen molar-refractivity contribution in [2.24, 2.45) is 45.3 Å². The highest BCUT2D eigenvalue weighted by Gasteiger charge is 2.71. The second-order valence-corrected chi connectivity index (χ2v) is 15.9. The lowest BCUT2D eigenvalue weighted by Crippen LogP contribution is -2.66. The number of hydrogen-bond acceptors (Lipinski definition) is 5. The van der Waals surface area contributed by atoms with E-state index in [1.165, 1.54) is 6.92 Å². The van der Waals surface area contributed by atoms with E-state index in [-0.39, 0.29) is 45.6 Å². The Labute approximate surface area is 226 Å². The fourth-order valence-electron chi connectivity index (χ4n) is 10.9. The molecule has 37 heavy (non-hydrogen) atoms. The van der Waals surface area contributed by atoms with Gasteiger partial charge in [-0.05, 0) is 125 Å². The summed E-state index contributed by atoms with van der Waals surface area (Å²) in [7, 11) is 0. The van der Waals surface area contributed by atoms with E-state index in [4.69, 9.17) is 4.74 Å². The van der Waals surface area contributed by atoms with Crippen molar-refractivity contribution in [2.45, 2.75) is 150 Å².